The average molecular weight is 262 g/mol. The van der Waals surface area contributed by atoms with Gasteiger partial charge in [0.1, 0.15) is 0 Å². The van der Waals surface area contributed by atoms with E-state index in [1.807, 2.05) is 0 Å². The number of H-pyrrole nitrogens is 1. The molecule has 2 rings (SSSR count). The van der Waals surface area contributed by atoms with Crippen LogP contribution in [0.4, 0.5) is 0 Å². The molecule has 5 heteroatoms. The highest BCUT2D eigenvalue weighted by Gasteiger charge is 2.01. The lowest BCUT2D eigenvalue weighted by Crippen LogP contribution is -2.06. The molecular weight excluding hydrogens is 248 g/mol. The first kappa shape index (κ1) is 12.7. The first-order chi connectivity index (χ1) is 8.63. The summed E-state index contributed by atoms with van der Waals surface area (Å²) in [5.74, 6) is 0.562. The topological polar surface area (TPSA) is 66.0 Å². The smallest absolute Gasteiger partial charge is 0.255 e. The summed E-state index contributed by atoms with van der Waals surface area (Å²) in [7, 11) is 0. The largest absolute Gasteiger partial charge is 0.493 e. The molecule has 0 fully saturated rings. The summed E-state index contributed by atoms with van der Waals surface area (Å²) in [6.45, 7) is 2.06. The summed E-state index contributed by atoms with van der Waals surface area (Å²) >= 11 is 1.42. The zero-order valence-electron chi connectivity index (χ0n) is 10.0. The van der Waals surface area contributed by atoms with E-state index in [4.69, 9.17) is 0 Å². The summed E-state index contributed by atoms with van der Waals surface area (Å²) < 4.78 is 0. The van der Waals surface area contributed by atoms with Gasteiger partial charge in [0.25, 0.3) is 5.56 Å². The number of hydrogen-bond donors (Lipinski definition) is 2. The van der Waals surface area contributed by atoms with Crippen molar-refractivity contribution in [2.24, 2.45) is 0 Å². The molecule has 1 heterocycles. The van der Waals surface area contributed by atoms with E-state index in [-0.39, 0.29) is 11.4 Å². The van der Waals surface area contributed by atoms with Crippen LogP contribution in [0.15, 0.2) is 40.3 Å². The number of aromatic amines is 1. The third-order valence-electron chi connectivity index (χ3n) is 2.46. The van der Waals surface area contributed by atoms with Crippen molar-refractivity contribution in [3.8, 4) is 5.88 Å². The number of nitrogens with zero attached hydrogens (tertiary/aromatic N) is 1. The summed E-state index contributed by atoms with van der Waals surface area (Å²) in [5, 5.41) is 9.65. The molecule has 94 valence electrons. The van der Waals surface area contributed by atoms with Gasteiger partial charge >= 0.3 is 0 Å². The molecule has 0 aliphatic carbocycles. The molecule has 0 bridgehead atoms. The number of hydrogen-bond acceptors (Lipinski definition) is 4. The first-order valence-electron chi connectivity index (χ1n) is 5.62. The fourth-order valence-electron chi connectivity index (χ4n) is 1.51. The van der Waals surface area contributed by atoms with Gasteiger partial charge in [0.2, 0.25) is 5.88 Å². The molecule has 0 radical (unpaired) electrons. The zero-order chi connectivity index (χ0) is 13.0. The molecule has 0 unspecified atom stereocenters. The fourth-order valence-corrected chi connectivity index (χ4v) is 2.37. The molecule has 4 nitrogen and oxygen atoms in total. The van der Waals surface area contributed by atoms with Crippen LogP contribution in [-0.2, 0) is 6.42 Å². The van der Waals surface area contributed by atoms with Gasteiger partial charge in [0.05, 0.1) is 6.07 Å². The third kappa shape index (κ3) is 3.63. The van der Waals surface area contributed by atoms with E-state index in [0.717, 1.165) is 18.2 Å². The molecule has 18 heavy (non-hydrogen) atoms. The van der Waals surface area contributed by atoms with Crippen LogP contribution in [0.5, 0.6) is 5.88 Å². The predicted octanol–water partition coefficient (Wildman–Crippen LogP) is 2.12. The highest BCUT2D eigenvalue weighted by molar-refractivity contribution is 7.99. The number of aryl methyl sites for hydroxylation is 2. The van der Waals surface area contributed by atoms with Gasteiger partial charge in [-0.25, -0.2) is 0 Å². The summed E-state index contributed by atoms with van der Waals surface area (Å²) in [6.07, 6.45) is 0.893. The number of rotatable bonds is 4. The second-order valence-electron chi connectivity index (χ2n) is 3.99. The van der Waals surface area contributed by atoms with Crippen LogP contribution in [0.25, 0.3) is 0 Å². The lowest BCUT2D eigenvalue weighted by molar-refractivity contribution is 0.444. The van der Waals surface area contributed by atoms with Gasteiger partial charge in [0, 0.05) is 5.75 Å². The molecule has 0 spiro atoms. The molecule has 0 amide bonds. The Morgan fingerprint density at radius 1 is 1.33 bits per heavy atom. The Kier molecular flexibility index (Phi) is 4.04. The van der Waals surface area contributed by atoms with Crippen LogP contribution in [0, 0.1) is 6.92 Å². The van der Waals surface area contributed by atoms with E-state index in [1.54, 1.807) is 0 Å². The minimum atomic E-state index is -0.333. The van der Waals surface area contributed by atoms with Gasteiger partial charge in [-0.1, -0.05) is 41.6 Å². The Hall–Kier alpha value is -1.75. The van der Waals surface area contributed by atoms with Crippen molar-refractivity contribution in [2.45, 2.75) is 18.5 Å². The molecule has 0 aliphatic heterocycles. The minimum absolute atomic E-state index is 0.239. The van der Waals surface area contributed by atoms with Crippen molar-refractivity contribution >= 4 is 11.8 Å². The van der Waals surface area contributed by atoms with Gasteiger partial charge in [0.15, 0.2) is 5.16 Å². The number of thioether (sulfide) groups is 1. The van der Waals surface area contributed by atoms with E-state index in [0.29, 0.717) is 5.16 Å². The third-order valence-corrected chi connectivity index (χ3v) is 3.33. The summed E-state index contributed by atoms with van der Waals surface area (Å²) in [4.78, 5) is 17.5. The standard InChI is InChI=1S/C13H14N2O2S/c1-9-2-4-10(5-3-9)6-7-18-13-14-11(16)8-12(17)15-13/h2-5,8H,6-7H2,1H3,(H2,14,15,16,17). The van der Waals surface area contributed by atoms with Crippen molar-refractivity contribution in [1.82, 2.24) is 9.97 Å². The Morgan fingerprint density at radius 3 is 2.72 bits per heavy atom. The highest BCUT2D eigenvalue weighted by atomic mass is 32.2. The molecule has 2 aromatic rings. The Balaban J connectivity index is 1.92. The Bertz CT molecular complexity index is 578. The lowest BCUT2D eigenvalue weighted by atomic mass is 10.1. The van der Waals surface area contributed by atoms with Crippen LogP contribution in [0.3, 0.4) is 0 Å². The second kappa shape index (κ2) is 5.73. The molecule has 0 aliphatic rings. The maximum absolute atomic E-state index is 11.1. The van der Waals surface area contributed by atoms with Crippen LogP contribution in [0.2, 0.25) is 0 Å². The van der Waals surface area contributed by atoms with Crippen molar-refractivity contribution < 1.29 is 5.11 Å². The van der Waals surface area contributed by atoms with E-state index < -0.39 is 0 Å². The zero-order valence-corrected chi connectivity index (χ0v) is 10.8. The summed E-state index contributed by atoms with van der Waals surface area (Å²) in [5.41, 5.74) is 2.15. The maximum atomic E-state index is 11.1. The minimum Gasteiger partial charge on any atom is -0.493 e. The van der Waals surface area contributed by atoms with E-state index in [1.165, 1.54) is 22.9 Å². The van der Waals surface area contributed by atoms with Crippen LogP contribution < -0.4 is 5.56 Å². The van der Waals surface area contributed by atoms with Crippen molar-refractivity contribution in [3.05, 3.63) is 51.8 Å². The number of aromatic hydroxyl groups is 1. The number of benzene rings is 1. The molecule has 0 saturated carbocycles. The predicted molar refractivity (Wildman–Crippen MR) is 72.1 cm³/mol. The number of aromatic nitrogens is 2. The second-order valence-corrected chi connectivity index (χ2v) is 5.08. The monoisotopic (exact) mass is 262 g/mol. The van der Waals surface area contributed by atoms with Crippen molar-refractivity contribution in [2.75, 3.05) is 5.75 Å². The van der Waals surface area contributed by atoms with Crippen molar-refractivity contribution in [1.29, 1.82) is 0 Å². The van der Waals surface area contributed by atoms with Crippen LogP contribution in [-0.4, -0.2) is 20.8 Å². The molecule has 1 aromatic carbocycles. The van der Waals surface area contributed by atoms with Crippen molar-refractivity contribution in [3.63, 3.8) is 0 Å². The fraction of sp³-hybridized carbons (Fsp3) is 0.231. The Labute approximate surface area is 109 Å². The first-order valence-corrected chi connectivity index (χ1v) is 6.61. The molecule has 2 N–H and O–H groups in total. The Morgan fingerprint density at radius 2 is 2.06 bits per heavy atom. The van der Waals surface area contributed by atoms with Gasteiger partial charge in [-0.15, -0.1) is 0 Å². The van der Waals surface area contributed by atoms with E-state index in [2.05, 4.69) is 41.2 Å². The van der Waals surface area contributed by atoms with Gasteiger partial charge in [-0.3, -0.25) is 4.79 Å². The van der Waals surface area contributed by atoms with Gasteiger partial charge < -0.3 is 10.1 Å². The van der Waals surface area contributed by atoms with Gasteiger partial charge in [-0.05, 0) is 18.9 Å². The molecule has 0 saturated heterocycles. The van der Waals surface area contributed by atoms with E-state index in [9.17, 15) is 9.90 Å². The normalized spacial score (nSPS) is 10.5. The molecule has 1 aromatic heterocycles. The highest BCUT2D eigenvalue weighted by Crippen LogP contribution is 2.15. The molecular formula is C13H14N2O2S. The number of nitrogens with one attached hydrogen (secondary N) is 1. The maximum Gasteiger partial charge on any atom is 0.255 e. The van der Waals surface area contributed by atoms with E-state index >= 15 is 0 Å². The average Bonchev–Trinajstić information content (AvgIpc) is 2.30. The molecule has 0 atom stereocenters. The van der Waals surface area contributed by atoms with Crippen LogP contribution >= 0.6 is 11.8 Å². The van der Waals surface area contributed by atoms with Crippen LogP contribution in [0.1, 0.15) is 11.1 Å². The summed E-state index contributed by atoms with van der Waals surface area (Å²) in [6, 6.07) is 9.40. The van der Waals surface area contributed by atoms with Gasteiger partial charge in [-0.2, -0.15) is 4.98 Å². The lowest BCUT2D eigenvalue weighted by Gasteiger charge is -2.02. The quantitative estimate of drug-likeness (QED) is 0.654. The SMILES string of the molecule is Cc1ccc(CCSc2nc(O)cc(=O)[nH]2)cc1.